The molecule has 0 saturated heterocycles. The molecule has 376 valence electrons. The summed E-state index contributed by atoms with van der Waals surface area (Å²) < 4.78 is 0.851. The Hall–Kier alpha value is -5.23. The first kappa shape index (κ1) is 53.1. The van der Waals surface area contributed by atoms with Crippen LogP contribution in [0.1, 0.15) is 198 Å². The van der Waals surface area contributed by atoms with Crippen molar-refractivity contribution >= 4 is 24.4 Å². The highest BCUT2D eigenvalue weighted by molar-refractivity contribution is 7.71. The van der Waals surface area contributed by atoms with Crippen LogP contribution in [0.4, 0.5) is 0 Å². The zero-order valence-corrected chi connectivity index (χ0v) is 46.4. The van der Waals surface area contributed by atoms with E-state index >= 15 is 0 Å². The van der Waals surface area contributed by atoms with Crippen molar-refractivity contribution in [2.45, 2.75) is 181 Å². The second-order valence-corrected chi connectivity index (χ2v) is 22.3. The van der Waals surface area contributed by atoms with Gasteiger partial charge in [-0.1, -0.05) is 261 Å². The van der Waals surface area contributed by atoms with Crippen molar-refractivity contribution in [2.75, 3.05) is 0 Å². The Kier molecular flexibility index (Phi) is 18.2. The second-order valence-electron chi connectivity index (χ2n) is 21.5. The van der Waals surface area contributed by atoms with Crippen LogP contribution in [0, 0.1) is 37.2 Å². The van der Waals surface area contributed by atoms with Gasteiger partial charge >= 0.3 is 0 Å². The lowest BCUT2D eigenvalue weighted by molar-refractivity contribution is 0.397. The molecule has 72 heavy (non-hydrogen) atoms. The fourth-order valence-electron chi connectivity index (χ4n) is 12.2. The molecule has 7 aromatic rings. The molecule has 0 unspecified atom stereocenters. The molecule has 3 nitrogen and oxygen atoms in total. The number of rotatable bonds is 22. The van der Waals surface area contributed by atoms with Crippen LogP contribution in [0.25, 0.3) is 33.6 Å². The van der Waals surface area contributed by atoms with Gasteiger partial charge in [-0.15, -0.1) is 0 Å². The summed E-state index contributed by atoms with van der Waals surface area (Å²) in [5.74, 6) is 0.672. The number of aromatic amines is 2. The largest absolute Gasteiger partial charge is 0.317 e. The van der Waals surface area contributed by atoms with Crippen molar-refractivity contribution in [3.8, 4) is 33.6 Å². The van der Waals surface area contributed by atoms with E-state index < -0.39 is 5.41 Å². The summed E-state index contributed by atoms with van der Waals surface area (Å²) in [4.78, 5) is 10.5. The SMILES string of the molecule is CCCCCCCCC1(CCCCCCCC)c2cc(C)ccc2-c2ccc(C)cc21.CCCCCCc1ccc(C2(c3ccc(-c4nc(=S)[nH]c(=S)[nH]4)cc3)c3cc(C)ccc3-c3ccc(C)cc32)cc1. The topological polar surface area (TPSA) is 44.5 Å². The Balaban J connectivity index is 0.000000201. The van der Waals surface area contributed by atoms with Crippen molar-refractivity contribution in [3.63, 3.8) is 0 Å². The minimum atomic E-state index is -0.435. The second kappa shape index (κ2) is 24.7. The first-order chi connectivity index (χ1) is 35.0. The van der Waals surface area contributed by atoms with E-state index in [1.165, 1.54) is 188 Å². The van der Waals surface area contributed by atoms with Crippen molar-refractivity contribution in [3.05, 3.63) is 192 Å². The fourth-order valence-corrected chi connectivity index (χ4v) is 12.7. The number of fused-ring (bicyclic) bond motifs is 6. The summed E-state index contributed by atoms with van der Waals surface area (Å²) in [6.45, 7) is 15.8. The van der Waals surface area contributed by atoms with Crippen molar-refractivity contribution < 1.29 is 0 Å². The molecular formula is C67H81N3S2. The molecule has 2 aliphatic rings. The Morgan fingerprint density at radius 2 is 0.806 bits per heavy atom. The normalized spacial score (nSPS) is 13.5. The molecule has 0 bridgehead atoms. The standard InChI is InChI=1S/C36H35N3S2.C31H46/c1-4-5-6-7-8-25-11-15-27(16-12-25)36(28-17-13-26(14-18-28)33-37-34(40)39-35(41)38-33)31-21-23(2)9-19-29(31)30-20-10-24(3)22-32(30)36;1-5-7-9-11-13-15-21-31(22-16-14-12-10-8-6-2)29-23-25(3)17-19-27(29)28-20-18-26(4)24-30(28)31/h9-22H,4-8H2,1-3H3,(H2,37,38,39,40,41);17-20,23-24H,5-16,21-22H2,1-4H3. The minimum absolute atomic E-state index is 0.234. The molecule has 1 aromatic heterocycles. The van der Waals surface area contributed by atoms with Gasteiger partial charge in [-0.05, 0) is 139 Å². The molecule has 2 N–H and O–H groups in total. The molecule has 6 aromatic carbocycles. The fraction of sp³-hybridized carbons (Fsp3) is 0.418. The Morgan fingerprint density at radius 1 is 0.417 bits per heavy atom. The number of aromatic nitrogens is 3. The van der Waals surface area contributed by atoms with Crippen LogP contribution >= 0.6 is 24.4 Å². The highest BCUT2D eigenvalue weighted by Crippen LogP contribution is 2.57. The first-order valence-corrected chi connectivity index (χ1v) is 28.7. The van der Waals surface area contributed by atoms with E-state index in [1.54, 1.807) is 11.1 Å². The molecule has 0 radical (unpaired) electrons. The van der Waals surface area contributed by atoms with Crippen LogP contribution in [-0.2, 0) is 17.3 Å². The number of nitrogens with one attached hydrogen (secondary N) is 2. The number of unbranched alkanes of at least 4 members (excludes halogenated alkanes) is 13. The minimum Gasteiger partial charge on any atom is -0.317 e. The van der Waals surface area contributed by atoms with Gasteiger partial charge in [0, 0.05) is 11.0 Å². The maximum Gasteiger partial charge on any atom is 0.200 e. The number of nitrogens with zero attached hydrogens (tertiary/aromatic N) is 1. The van der Waals surface area contributed by atoms with E-state index in [9.17, 15) is 0 Å². The number of H-pyrrole nitrogens is 2. The highest BCUT2D eigenvalue weighted by Gasteiger charge is 2.46. The first-order valence-electron chi connectivity index (χ1n) is 27.9. The van der Waals surface area contributed by atoms with Gasteiger partial charge in [0.1, 0.15) is 5.82 Å². The van der Waals surface area contributed by atoms with Crippen LogP contribution in [0.15, 0.2) is 121 Å². The lowest BCUT2D eigenvalue weighted by Crippen LogP contribution is -2.28. The van der Waals surface area contributed by atoms with Crippen LogP contribution in [0.2, 0.25) is 0 Å². The summed E-state index contributed by atoms with van der Waals surface area (Å²) in [6, 6.07) is 46.5. The average molecular weight is 993 g/mol. The van der Waals surface area contributed by atoms with E-state index in [2.05, 4.69) is 185 Å². The summed E-state index contributed by atoms with van der Waals surface area (Å²) in [5, 5.41) is 0. The van der Waals surface area contributed by atoms with Crippen LogP contribution < -0.4 is 0 Å². The molecular weight excluding hydrogens is 911 g/mol. The molecule has 2 aliphatic carbocycles. The van der Waals surface area contributed by atoms with E-state index in [0.29, 0.717) is 15.4 Å². The summed E-state index contributed by atoms with van der Waals surface area (Å²) >= 11 is 10.6. The maximum atomic E-state index is 5.33. The van der Waals surface area contributed by atoms with Crippen LogP contribution in [-0.4, -0.2) is 15.0 Å². The van der Waals surface area contributed by atoms with Gasteiger partial charge < -0.3 is 9.97 Å². The van der Waals surface area contributed by atoms with Crippen LogP contribution in [0.5, 0.6) is 0 Å². The third-order valence-corrected chi connectivity index (χ3v) is 16.4. The lowest BCUT2D eigenvalue weighted by Gasteiger charge is -2.34. The number of hydrogen-bond donors (Lipinski definition) is 2. The summed E-state index contributed by atoms with van der Waals surface area (Å²) in [5.41, 5.74) is 21.6. The Morgan fingerprint density at radius 3 is 1.25 bits per heavy atom. The maximum absolute atomic E-state index is 5.33. The quantitative estimate of drug-likeness (QED) is 0.0525. The molecule has 0 atom stereocenters. The molecule has 0 fully saturated rings. The third kappa shape index (κ3) is 11.6. The Labute approximate surface area is 443 Å². The number of aryl methyl sites for hydroxylation is 5. The summed E-state index contributed by atoms with van der Waals surface area (Å²) in [6.07, 6.45) is 25.5. The lowest BCUT2D eigenvalue weighted by atomic mass is 9.67. The van der Waals surface area contributed by atoms with E-state index in [1.807, 2.05) is 0 Å². The van der Waals surface area contributed by atoms with Gasteiger partial charge in [0.15, 0.2) is 4.77 Å². The third-order valence-electron chi connectivity index (χ3n) is 16.0. The number of benzene rings is 6. The molecule has 0 spiro atoms. The molecule has 0 amide bonds. The molecule has 9 rings (SSSR count). The molecule has 1 heterocycles. The van der Waals surface area contributed by atoms with Crippen molar-refractivity contribution in [1.29, 1.82) is 0 Å². The zero-order valence-electron chi connectivity index (χ0n) is 44.7. The van der Waals surface area contributed by atoms with Gasteiger partial charge in [-0.2, -0.15) is 0 Å². The molecule has 0 saturated carbocycles. The van der Waals surface area contributed by atoms with E-state index in [4.69, 9.17) is 24.4 Å². The van der Waals surface area contributed by atoms with Crippen molar-refractivity contribution in [2.24, 2.45) is 0 Å². The predicted molar refractivity (Wildman–Crippen MR) is 313 cm³/mol. The van der Waals surface area contributed by atoms with E-state index in [-0.39, 0.29) is 5.41 Å². The highest BCUT2D eigenvalue weighted by atomic mass is 32.1. The Bertz CT molecular complexity index is 2880. The smallest absolute Gasteiger partial charge is 0.200 e. The molecule has 0 aliphatic heterocycles. The van der Waals surface area contributed by atoms with Gasteiger partial charge in [-0.25, -0.2) is 4.98 Å². The van der Waals surface area contributed by atoms with Crippen LogP contribution in [0.3, 0.4) is 0 Å². The predicted octanol–water partition coefficient (Wildman–Crippen LogP) is 20.0. The van der Waals surface area contributed by atoms with Crippen molar-refractivity contribution in [1.82, 2.24) is 15.0 Å². The monoisotopic (exact) mass is 992 g/mol. The average Bonchev–Trinajstić information content (AvgIpc) is 3.80. The number of hydrogen-bond acceptors (Lipinski definition) is 3. The van der Waals surface area contributed by atoms with E-state index in [0.717, 1.165) is 12.0 Å². The van der Waals surface area contributed by atoms with Gasteiger partial charge in [0.05, 0.1) is 5.41 Å². The van der Waals surface area contributed by atoms with Gasteiger partial charge in [0.2, 0.25) is 4.77 Å². The zero-order chi connectivity index (χ0) is 50.7. The summed E-state index contributed by atoms with van der Waals surface area (Å²) in [7, 11) is 0. The van der Waals surface area contributed by atoms with Gasteiger partial charge in [0.25, 0.3) is 0 Å². The van der Waals surface area contributed by atoms with Gasteiger partial charge in [-0.3, -0.25) is 0 Å². The molecule has 5 heteroatoms.